The lowest BCUT2D eigenvalue weighted by Crippen LogP contribution is -2.40. The zero-order valence-electron chi connectivity index (χ0n) is 15.0. The highest BCUT2D eigenvalue weighted by Gasteiger charge is 2.42. The van der Waals surface area contributed by atoms with Crippen molar-refractivity contribution in [2.45, 2.75) is 51.5 Å². The molecule has 2 aliphatic rings. The van der Waals surface area contributed by atoms with Crippen LogP contribution in [0, 0.1) is 17.8 Å². The fourth-order valence-electron chi connectivity index (χ4n) is 4.63. The average molecular weight is 374 g/mol. The molecule has 6 heteroatoms. The average Bonchev–Trinajstić information content (AvgIpc) is 3.37. The summed E-state index contributed by atoms with van der Waals surface area (Å²) in [6.45, 7) is 2.15. The third-order valence-electron chi connectivity index (χ3n) is 5.96. The highest BCUT2D eigenvalue weighted by molar-refractivity contribution is 6.30. The number of aryl methyl sites for hydroxylation is 1. The first kappa shape index (κ1) is 17.5. The van der Waals surface area contributed by atoms with Gasteiger partial charge in [0.15, 0.2) is 0 Å². The van der Waals surface area contributed by atoms with E-state index in [9.17, 15) is 4.79 Å². The number of carbonyl (C=O) groups is 1. The van der Waals surface area contributed by atoms with Crippen molar-refractivity contribution in [3.05, 3.63) is 35.2 Å². The molecule has 4 atom stereocenters. The smallest absolute Gasteiger partial charge is 0.227 e. The molecular formula is C20H24ClN3O2. The number of carbonyl (C=O) groups excluding carboxylic acids is 1. The van der Waals surface area contributed by atoms with Crippen LogP contribution in [-0.4, -0.2) is 22.1 Å². The molecule has 1 aromatic heterocycles. The van der Waals surface area contributed by atoms with Crippen molar-refractivity contribution in [1.29, 1.82) is 0 Å². The second-order valence-electron chi connectivity index (χ2n) is 7.71. The van der Waals surface area contributed by atoms with Gasteiger partial charge in [-0.3, -0.25) is 4.79 Å². The summed E-state index contributed by atoms with van der Waals surface area (Å²) in [5.74, 6) is 3.43. The lowest BCUT2D eigenvalue weighted by molar-refractivity contribution is -0.122. The standard InChI is InChI=1S/C20H24ClN3O2/c1-12(17-11-13-2-3-15(17)10-13)22-18(25)8-9-19-23-20(24-26-19)14-4-6-16(21)7-5-14/h4-7,12-13,15,17H,2-3,8-11H2,1H3,(H,22,25). The molecule has 0 saturated heterocycles. The summed E-state index contributed by atoms with van der Waals surface area (Å²) in [6, 6.07) is 7.53. The van der Waals surface area contributed by atoms with Gasteiger partial charge in [0.25, 0.3) is 0 Å². The Morgan fingerprint density at radius 1 is 1.31 bits per heavy atom. The van der Waals surface area contributed by atoms with Crippen molar-refractivity contribution >= 4 is 17.5 Å². The Hall–Kier alpha value is -1.88. The van der Waals surface area contributed by atoms with E-state index in [-0.39, 0.29) is 11.9 Å². The van der Waals surface area contributed by atoms with E-state index in [4.69, 9.17) is 16.1 Å². The minimum Gasteiger partial charge on any atom is -0.353 e. The summed E-state index contributed by atoms with van der Waals surface area (Å²) in [6.07, 6.45) is 6.18. The minimum absolute atomic E-state index is 0.0616. The molecular weight excluding hydrogens is 350 g/mol. The van der Waals surface area contributed by atoms with E-state index >= 15 is 0 Å². The molecule has 5 nitrogen and oxygen atoms in total. The molecule has 26 heavy (non-hydrogen) atoms. The molecule has 2 fully saturated rings. The Balaban J connectivity index is 1.27. The van der Waals surface area contributed by atoms with Crippen LogP contribution < -0.4 is 5.32 Å². The van der Waals surface area contributed by atoms with Gasteiger partial charge in [0, 0.05) is 29.5 Å². The highest BCUT2D eigenvalue weighted by Crippen LogP contribution is 2.49. The number of rotatable bonds is 6. The van der Waals surface area contributed by atoms with Gasteiger partial charge in [0.1, 0.15) is 0 Å². The lowest BCUT2D eigenvalue weighted by Gasteiger charge is -2.28. The minimum atomic E-state index is 0.0616. The van der Waals surface area contributed by atoms with E-state index in [2.05, 4.69) is 22.4 Å². The van der Waals surface area contributed by atoms with Crippen molar-refractivity contribution in [3.8, 4) is 11.4 Å². The van der Waals surface area contributed by atoms with Crippen molar-refractivity contribution in [2.75, 3.05) is 0 Å². The summed E-state index contributed by atoms with van der Waals surface area (Å²) in [5, 5.41) is 7.83. The van der Waals surface area contributed by atoms with Crippen LogP contribution >= 0.6 is 11.6 Å². The van der Waals surface area contributed by atoms with Gasteiger partial charge in [0.2, 0.25) is 17.6 Å². The molecule has 1 aromatic carbocycles. The maximum atomic E-state index is 12.3. The van der Waals surface area contributed by atoms with E-state index in [0.717, 1.165) is 17.4 Å². The number of hydrogen-bond acceptors (Lipinski definition) is 4. The summed E-state index contributed by atoms with van der Waals surface area (Å²) >= 11 is 5.89. The molecule has 138 valence electrons. The van der Waals surface area contributed by atoms with Crippen LogP contribution in [0.4, 0.5) is 0 Å². The first-order valence-electron chi connectivity index (χ1n) is 9.46. The molecule has 0 radical (unpaired) electrons. The number of fused-ring (bicyclic) bond motifs is 2. The molecule has 1 heterocycles. The second kappa shape index (κ2) is 7.39. The predicted octanol–water partition coefficient (Wildman–Crippen LogP) is 4.26. The first-order chi connectivity index (χ1) is 12.6. The number of benzene rings is 1. The molecule has 0 spiro atoms. The Morgan fingerprint density at radius 3 is 2.81 bits per heavy atom. The van der Waals surface area contributed by atoms with Gasteiger partial charge in [0.05, 0.1) is 0 Å². The van der Waals surface area contributed by atoms with E-state index < -0.39 is 0 Å². The van der Waals surface area contributed by atoms with Crippen molar-refractivity contribution < 1.29 is 9.32 Å². The van der Waals surface area contributed by atoms with Crippen LogP contribution in [0.25, 0.3) is 11.4 Å². The molecule has 2 aliphatic carbocycles. The summed E-state index contributed by atoms with van der Waals surface area (Å²) in [5.41, 5.74) is 0.846. The molecule has 4 rings (SSSR count). The van der Waals surface area contributed by atoms with Crippen molar-refractivity contribution in [1.82, 2.24) is 15.5 Å². The van der Waals surface area contributed by atoms with Crippen LogP contribution in [0.1, 0.15) is 44.9 Å². The number of amides is 1. The molecule has 0 aliphatic heterocycles. The number of nitrogens with one attached hydrogen (secondary N) is 1. The van der Waals surface area contributed by atoms with Gasteiger partial charge in [-0.1, -0.05) is 23.2 Å². The number of hydrogen-bond donors (Lipinski definition) is 1. The predicted molar refractivity (Wildman–Crippen MR) is 99.6 cm³/mol. The number of aromatic nitrogens is 2. The van der Waals surface area contributed by atoms with Gasteiger partial charge >= 0.3 is 0 Å². The van der Waals surface area contributed by atoms with E-state index in [0.29, 0.717) is 35.5 Å². The Bertz CT molecular complexity index is 774. The second-order valence-corrected chi connectivity index (χ2v) is 8.15. The monoisotopic (exact) mass is 373 g/mol. The third kappa shape index (κ3) is 3.78. The topological polar surface area (TPSA) is 68.0 Å². The van der Waals surface area contributed by atoms with Gasteiger partial charge < -0.3 is 9.84 Å². The van der Waals surface area contributed by atoms with E-state index in [1.165, 1.54) is 25.7 Å². The quantitative estimate of drug-likeness (QED) is 0.821. The maximum absolute atomic E-state index is 12.3. The van der Waals surface area contributed by atoms with Crippen LogP contribution in [0.3, 0.4) is 0 Å². The van der Waals surface area contributed by atoms with E-state index in [1.54, 1.807) is 12.1 Å². The van der Waals surface area contributed by atoms with E-state index in [1.807, 2.05) is 12.1 Å². The van der Waals surface area contributed by atoms with Crippen LogP contribution in [0.5, 0.6) is 0 Å². The van der Waals surface area contributed by atoms with Crippen LogP contribution in [0.2, 0.25) is 5.02 Å². The largest absolute Gasteiger partial charge is 0.353 e. The molecule has 2 aromatic rings. The normalized spacial score (nSPS) is 25.4. The van der Waals surface area contributed by atoms with Gasteiger partial charge in [-0.05, 0) is 68.2 Å². The molecule has 4 unspecified atom stereocenters. The third-order valence-corrected chi connectivity index (χ3v) is 6.21. The van der Waals surface area contributed by atoms with Crippen LogP contribution in [-0.2, 0) is 11.2 Å². The van der Waals surface area contributed by atoms with Gasteiger partial charge in [-0.15, -0.1) is 0 Å². The van der Waals surface area contributed by atoms with Crippen molar-refractivity contribution in [2.24, 2.45) is 17.8 Å². The molecule has 1 N–H and O–H groups in total. The zero-order valence-corrected chi connectivity index (χ0v) is 15.7. The zero-order chi connectivity index (χ0) is 18.1. The Kier molecular flexibility index (Phi) is 4.98. The molecule has 2 saturated carbocycles. The summed E-state index contributed by atoms with van der Waals surface area (Å²) < 4.78 is 5.27. The maximum Gasteiger partial charge on any atom is 0.227 e. The SMILES string of the molecule is CC(NC(=O)CCc1nc(-c2ccc(Cl)cc2)no1)C1CC2CCC1C2. The van der Waals surface area contributed by atoms with Crippen molar-refractivity contribution in [3.63, 3.8) is 0 Å². The number of halogens is 1. The molecule has 1 amide bonds. The highest BCUT2D eigenvalue weighted by atomic mass is 35.5. The fraction of sp³-hybridized carbons (Fsp3) is 0.550. The first-order valence-corrected chi connectivity index (χ1v) is 9.84. The number of nitrogens with zero attached hydrogens (tertiary/aromatic N) is 2. The summed E-state index contributed by atoms with van der Waals surface area (Å²) in [7, 11) is 0. The molecule has 2 bridgehead atoms. The lowest BCUT2D eigenvalue weighted by atomic mass is 9.84. The fourth-order valence-corrected chi connectivity index (χ4v) is 4.76. The Morgan fingerprint density at radius 2 is 2.12 bits per heavy atom. The van der Waals surface area contributed by atoms with Gasteiger partial charge in [-0.25, -0.2) is 0 Å². The summed E-state index contributed by atoms with van der Waals surface area (Å²) in [4.78, 5) is 16.7. The Labute approximate surface area is 158 Å². The van der Waals surface area contributed by atoms with Gasteiger partial charge in [-0.2, -0.15) is 4.98 Å². The van der Waals surface area contributed by atoms with Crippen LogP contribution in [0.15, 0.2) is 28.8 Å².